The van der Waals surface area contributed by atoms with Crippen LogP contribution in [0.1, 0.15) is 47.2 Å². The molecule has 1 spiro atoms. The lowest BCUT2D eigenvalue weighted by Gasteiger charge is -2.50. The molecule has 1 aliphatic carbocycles. The Hall–Kier alpha value is -5.86. The molecule has 2 aromatic heterocycles. The first-order chi connectivity index (χ1) is 23.6. The van der Waals surface area contributed by atoms with E-state index in [0.29, 0.717) is 0 Å². The number of nitrogens with zero attached hydrogens (tertiary/aromatic N) is 1. The van der Waals surface area contributed by atoms with Crippen molar-refractivity contribution in [3.63, 3.8) is 0 Å². The molecule has 2 aliphatic rings. The maximum absolute atomic E-state index is 6.60. The van der Waals surface area contributed by atoms with Crippen LogP contribution in [-0.4, -0.2) is 4.57 Å². The van der Waals surface area contributed by atoms with Gasteiger partial charge in [-0.15, -0.1) is 0 Å². The van der Waals surface area contributed by atoms with Crippen LogP contribution in [0.5, 0.6) is 0 Å². The molecule has 0 bridgehead atoms. The van der Waals surface area contributed by atoms with Crippen LogP contribution >= 0.6 is 0 Å². The first-order valence-corrected chi connectivity index (χ1v) is 16.9. The number of para-hydroxylation sites is 5. The molecule has 3 heterocycles. The molecule has 1 aliphatic heterocycles. The Morgan fingerprint density at radius 1 is 0.479 bits per heavy atom. The Labute approximate surface area is 278 Å². The predicted molar refractivity (Wildman–Crippen MR) is 197 cm³/mol. The average Bonchev–Trinajstić information content (AvgIpc) is 3.69. The molecule has 1 unspecified atom stereocenters. The summed E-state index contributed by atoms with van der Waals surface area (Å²) in [5.74, 6) is 0. The van der Waals surface area contributed by atoms with E-state index in [-0.39, 0.29) is 5.41 Å². The molecule has 0 amide bonds. The minimum atomic E-state index is -0.528. The molecule has 0 saturated carbocycles. The summed E-state index contributed by atoms with van der Waals surface area (Å²) in [5, 5.41) is 4.89. The summed E-state index contributed by atoms with van der Waals surface area (Å²) in [4.78, 5) is 0. The van der Waals surface area contributed by atoms with Crippen LogP contribution in [-0.2, 0) is 10.8 Å². The van der Waals surface area contributed by atoms with Gasteiger partial charge in [0, 0.05) is 32.5 Å². The highest BCUT2D eigenvalue weighted by atomic mass is 16.3. The third-order valence-corrected chi connectivity index (χ3v) is 11.5. The normalized spacial score (nSPS) is 17.2. The number of aromatic nitrogens is 1. The van der Waals surface area contributed by atoms with Crippen molar-refractivity contribution in [3.05, 3.63) is 185 Å². The van der Waals surface area contributed by atoms with Gasteiger partial charge in [-0.25, -0.2) is 0 Å². The third-order valence-electron chi connectivity index (χ3n) is 11.5. The average molecular weight is 614 g/mol. The zero-order valence-electron chi connectivity index (χ0n) is 26.8. The lowest BCUT2D eigenvalue weighted by Crippen LogP contribution is -2.44. The molecule has 2 heteroatoms. The van der Waals surface area contributed by atoms with E-state index in [9.17, 15) is 0 Å². The van der Waals surface area contributed by atoms with Gasteiger partial charge in [0.2, 0.25) is 0 Å². The van der Waals surface area contributed by atoms with Gasteiger partial charge >= 0.3 is 0 Å². The van der Waals surface area contributed by atoms with Gasteiger partial charge < -0.3 is 8.98 Å². The molecule has 2 nitrogen and oxygen atoms in total. The fourth-order valence-corrected chi connectivity index (χ4v) is 9.47. The number of hydrogen-bond donors (Lipinski definition) is 0. The zero-order chi connectivity index (χ0) is 31.8. The van der Waals surface area contributed by atoms with Crippen LogP contribution in [0.3, 0.4) is 0 Å². The van der Waals surface area contributed by atoms with E-state index in [1.165, 1.54) is 66.4 Å². The second-order valence-corrected chi connectivity index (χ2v) is 14.0. The topological polar surface area (TPSA) is 18.1 Å². The number of hydrogen-bond acceptors (Lipinski definition) is 1. The Morgan fingerprint density at radius 2 is 1.12 bits per heavy atom. The minimum absolute atomic E-state index is 0.200. The van der Waals surface area contributed by atoms with Crippen molar-refractivity contribution in [2.24, 2.45) is 0 Å². The van der Waals surface area contributed by atoms with E-state index < -0.39 is 5.41 Å². The maximum Gasteiger partial charge on any atom is 0.143 e. The van der Waals surface area contributed by atoms with Crippen molar-refractivity contribution in [3.8, 4) is 16.8 Å². The molecule has 7 aromatic carbocycles. The second-order valence-electron chi connectivity index (χ2n) is 14.0. The van der Waals surface area contributed by atoms with Crippen molar-refractivity contribution in [1.82, 2.24) is 4.57 Å². The largest absolute Gasteiger partial charge is 0.455 e. The molecule has 226 valence electrons. The van der Waals surface area contributed by atoms with Gasteiger partial charge in [0.05, 0.1) is 22.1 Å². The summed E-state index contributed by atoms with van der Waals surface area (Å²) < 4.78 is 9.11. The number of fused-ring (bicyclic) bond motifs is 14. The minimum Gasteiger partial charge on any atom is -0.455 e. The molecule has 1 atom stereocenters. The SMILES string of the molecule is CC1(C)c2ccccc2C2(c3ccccc3-n3c4ccccc4c4cccc2c43)c2cc(-c3cccc4c3oc3ccccc34)ccc21. The molecular weight excluding hydrogens is 583 g/mol. The highest BCUT2D eigenvalue weighted by molar-refractivity contribution is 6.13. The van der Waals surface area contributed by atoms with E-state index in [4.69, 9.17) is 4.42 Å². The molecule has 0 saturated heterocycles. The molecular formula is C46H31NO. The Bertz CT molecular complexity index is 2830. The van der Waals surface area contributed by atoms with E-state index in [1.807, 2.05) is 6.07 Å². The van der Waals surface area contributed by atoms with Crippen LogP contribution in [0, 0.1) is 0 Å². The van der Waals surface area contributed by atoms with E-state index in [0.717, 1.165) is 27.5 Å². The summed E-state index contributed by atoms with van der Waals surface area (Å²) in [7, 11) is 0. The van der Waals surface area contributed by atoms with Gasteiger partial charge in [-0.2, -0.15) is 0 Å². The summed E-state index contributed by atoms with van der Waals surface area (Å²) >= 11 is 0. The molecule has 0 radical (unpaired) electrons. The standard InChI is InChI=1S/C46H31NO/c1-45(2)34-18-5-6-19-36(34)46(37-20-7-9-23-41(37)47-40-22-8-3-13-30(40)32-16-12-21-38(46)43(32)47)39-27-28(25-26-35(39)45)29-15-11-17-33-31-14-4-10-24-42(31)48-44(29)33/h3-27H,1-2H3. The van der Waals surface area contributed by atoms with E-state index in [2.05, 4.69) is 164 Å². The van der Waals surface area contributed by atoms with Crippen molar-refractivity contribution < 1.29 is 4.42 Å². The first-order valence-electron chi connectivity index (χ1n) is 16.9. The lowest BCUT2D eigenvalue weighted by atomic mass is 9.53. The van der Waals surface area contributed by atoms with Crippen LogP contribution in [0.15, 0.2) is 156 Å². The van der Waals surface area contributed by atoms with Gasteiger partial charge in [0.1, 0.15) is 11.2 Å². The van der Waals surface area contributed by atoms with Gasteiger partial charge in [0.15, 0.2) is 0 Å². The molecule has 0 N–H and O–H groups in total. The zero-order valence-corrected chi connectivity index (χ0v) is 26.8. The van der Waals surface area contributed by atoms with E-state index in [1.54, 1.807) is 0 Å². The van der Waals surface area contributed by atoms with Crippen molar-refractivity contribution in [2.45, 2.75) is 24.7 Å². The van der Waals surface area contributed by atoms with Gasteiger partial charge in [0.25, 0.3) is 0 Å². The van der Waals surface area contributed by atoms with Crippen LogP contribution in [0.4, 0.5) is 0 Å². The summed E-state index contributed by atoms with van der Waals surface area (Å²) in [6.07, 6.45) is 0. The molecule has 9 aromatic rings. The highest BCUT2D eigenvalue weighted by Crippen LogP contribution is 2.61. The van der Waals surface area contributed by atoms with Gasteiger partial charge in [-0.05, 0) is 63.2 Å². The predicted octanol–water partition coefficient (Wildman–Crippen LogP) is 11.7. The monoisotopic (exact) mass is 613 g/mol. The lowest BCUT2D eigenvalue weighted by molar-refractivity contribution is 0.556. The summed E-state index contributed by atoms with van der Waals surface area (Å²) in [6.45, 7) is 4.78. The van der Waals surface area contributed by atoms with Crippen molar-refractivity contribution in [2.75, 3.05) is 0 Å². The van der Waals surface area contributed by atoms with Gasteiger partial charge in [-0.3, -0.25) is 0 Å². The van der Waals surface area contributed by atoms with Crippen LogP contribution in [0.2, 0.25) is 0 Å². The van der Waals surface area contributed by atoms with Crippen molar-refractivity contribution >= 4 is 43.7 Å². The fraction of sp³-hybridized carbons (Fsp3) is 0.0870. The first kappa shape index (κ1) is 26.2. The van der Waals surface area contributed by atoms with Crippen molar-refractivity contribution in [1.29, 1.82) is 0 Å². The Kier molecular flexibility index (Phi) is 4.88. The van der Waals surface area contributed by atoms with Crippen LogP contribution < -0.4 is 0 Å². The quantitative estimate of drug-likeness (QED) is 0.180. The Balaban J connectivity index is 1.33. The Morgan fingerprint density at radius 3 is 2.02 bits per heavy atom. The maximum atomic E-state index is 6.60. The van der Waals surface area contributed by atoms with Crippen LogP contribution in [0.25, 0.3) is 60.6 Å². The molecule has 48 heavy (non-hydrogen) atoms. The second kappa shape index (κ2) is 8.93. The smallest absolute Gasteiger partial charge is 0.143 e. The summed E-state index contributed by atoms with van der Waals surface area (Å²) in [6, 6.07) is 56.3. The summed E-state index contributed by atoms with van der Waals surface area (Å²) in [5.41, 5.74) is 15.3. The number of benzene rings is 7. The van der Waals surface area contributed by atoms with Gasteiger partial charge in [-0.1, -0.05) is 141 Å². The number of furan rings is 1. The molecule has 0 fully saturated rings. The third kappa shape index (κ3) is 3.00. The van der Waals surface area contributed by atoms with E-state index >= 15 is 0 Å². The highest BCUT2D eigenvalue weighted by Gasteiger charge is 2.52. The fourth-order valence-electron chi connectivity index (χ4n) is 9.47. The molecule has 11 rings (SSSR count). The number of rotatable bonds is 1.